The maximum atomic E-state index is 11.8. The van der Waals surface area contributed by atoms with Crippen LogP contribution in [0.2, 0.25) is 0 Å². The molecule has 0 aromatic heterocycles. The zero-order valence-electron chi connectivity index (χ0n) is 11.7. The molecular formula is C14H26N2O3. The number of nitrogens with two attached hydrogens (primary N) is 1. The van der Waals surface area contributed by atoms with Crippen LogP contribution in [0, 0.1) is 5.92 Å². The third kappa shape index (κ3) is 6.57. The molecule has 1 aliphatic carbocycles. The smallest absolute Gasteiger partial charge is 0.240 e. The normalized spacial score (nSPS) is 19.7. The highest BCUT2D eigenvalue weighted by Crippen LogP contribution is 2.27. The first-order valence-electron chi connectivity index (χ1n) is 7.25. The van der Waals surface area contributed by atoms with Crippen molar-refractivity contribution in [2.24, 2.45) is 11.7 Å². The molecule has 1 rings (SSSR count). The summed E-state index contributed by atoms with van der Waals surface area (Å²) in [5.74, 6) is -0.0924. The molecule has 0 spiro atoms. The summed E-state index contributed by atoms with van der Waals surface area (Å²) in [7, 11) is 0. The third-order valence-corrected chi connectivity index (χ3v) is 3.76. The lowest BCUT2D eigenvalue weighted by Gasteiger charge is -2.22. The molecule has 1 aliphatic rings. The Labute approximate surface area is 114 Å². The van der Waals surface area contributed by atoms with Crippen molar-refractivity contribution in [2.75, 3.05) is 0 Å². The van der Waals surface area contributed by atoms with Crippen LogP contribution in [-0.4, -0.2) is 29.1 Å². The monoisotopic (exact) mass is 270 g/mol. The Kier molecular flexibility index (Phi) is 6.84. The Morgan fingerprint density at radius 1 is 1.32 bits per heavy atom. The van der Waals surface area contributed by atoms with Crippen LogP contribution in [0.5, 0.6) is 0 Å². The molecule has 1 fully saturated rings. The number of nitrogens with one attached hydrogen (secondary N) is 1. The minimum atomic E-state index is -0.765. The fourth-order valence-electron chi connectivity index (χ4n) is 2.66. The zero-order chi connectivity index (χ0) is 14.3. The average Bonchev–Trinajstić information content (AvgIpc) is 2.36. The van der Waals surface area contributed by atoms with Gasteiger partial charge in [0, 0.05) is 12.8 Å². The molecule has 0 heterocycles. The second-order valence-electron chi connectivity index (χ2n) is 5.65. The van der Waals surface area contributed by atoms with Gasteiger partial charge in [-0.15, -0.1) is 0 Å². The summed E-state index contributed by atoms with van der Waals surface area (Å²) in [6.45, 7) is 1.57. The van der Waals surface area contributed by atoms with E-state index in [2.05, 4.69) is 5.32 Å². The van der Waals surface area contributed by atoms with Gasteiger partial charge in [0.15, 0.2) is 0 Å². The van der Waals surface area contributed by atoms with Gasteiger partial charge in [0.05, 0.1) is 6.10 Å². The lowest BCUT2D eigenvalue weighted by molar-refractivity contribution is -0.128. The summed E-state index contributed by atoms with van der Waals surface area (Å²) in [6, 6.07) is -0.765. The van der Waals surface area contributed by atoms with Gasteiger partial charge in [-0.2, -0.15) is 0 Å². The molecule has 1 unspecified atom stereocenters. The number of primary amides is 1. The van der Waals surface area contributed by atoms with E-state index < -0.39 is 18.1 Å². The predicted octanol–water partition coefficient (Wildman–Crippen LogP) is 1.09. The Morgan fingerprint density at radius 3 is 2.47 bits per heavy atom. The lowest BCUT2D eigenvalue weighted by atomic mass is 9.86. The first-order valence-corrected chi connectivity index (χ1v) is 7.25. The zero-order valence-corrected chi connectivity index (χ0v) is 11.7. The van der Waals surface area contributed by atoms with E-state index in [1.165, 1.54) is 32.1 Å². The molecule has 2 atom stereocenters. The van der Waals surface area contributed by atoms with Gasteiger partial charge in [0.25, 0.3) is 0 Å². The number of carbonyl (C=O) groups is 2. The number of hydrogen-bond donors (Lipinski definition) is 3. The number of carbonyl (C=O) groups excluding carboxylic acids is 2. The lowest BCUT2D eigenvalue weighted by Crippen LogP contribution is -2.46. The summed E-state index contributed by atoms with van der Waals surface area (Å²) in [6.07, 6.45) is 7.08. The van der Waals surface area contributed by atoms with Crippen molar-refractivity contribution >= 4 is 11.8 Å². The van der Waals surface area contributed by atoms with Crippen LogP contribution in [0.25, 0.3) is 0 Å². The topological polar surface area (TPSA) is 92.4 Å². The second-order valence-corrected chi connectivity index (χ2v) is 5.65. The summed E-state index contributed by atoms with van der Waals surface area (Å²) in [4.78, 5) is 23.0. The van der Waals surface area contributed by atoms with E-state index in [9.17, 15) is 14.7 Å². The van der Waals surface area contributed by atoms with Crippen LogP contribution in [0.3, 0.4) is 0 Å². The Hall–Kier alpha value is -1.10. The molecule has 0 aromatic rings. The number of hydrogen-bond acceptors (Lipinski definition) is 3. The van der Waals surface area contributed by atoms with Crippen LogP contribution in [-0.2, 0) is 9.59 Å². The molecule has 4 N–H and O–H groups in total. The Bertz CT molecular complexity index is 299. The minimum Gasteiger partial charge on any atom is -0.393 e. The molecule has 0 aromatic carbocycles. The van der Waals surface area contributed by atoms with Gasteiger partial charge < -0.3 is 16.2 Å². The van der Waals surface area contributed by atoms with E-state index in [1.807, 2.05) is 0 Å². The summed E-state index contributed by atoms with van der Waals surface area (Å²) >= 11 is 0. The second kappa shape index (κ2) is 8.15. The van der Waals surface area contributed by atoms with E-state index >= 15 is 0 Å². The number of amides is 2. The van der Waals surface area contributed by atoms with Crippen LogP contribution in [0.4, 0.5) is 0 Å². The number of aliphatic hydroxyl groups is 1. The SMILES string of the molecule is CC(O)C[C@H](NC(=O)CCC1CCCCC1)C(N)=O. The van der Waals surface area contributed by atoms with Gasteiger partial charge in [-0.05, 0) is 19.3 Å². The van der Waals surface area contributed by atoms with Gasteiger partial charge in [0.1, 0.15) is 6.04 Å². The maximum absolute atomic E-state index is 11.8. The summed E-state index contributed by atoms with van der Waals surface area (Å²) in [5.41, 5.74) is 5.21. The molecule has 0 radical (unpaired) electrons. The predicted molar refractivity (Wildman–Crippen MR) is 73.2 cm³/mol. The first kappa shape index (κ1) is 16.0. The highest BCUT2D eigenvalue weighted by atomic mass is 16.3. The fraction of sp³-hybridized carbons (Fsp3) is 0.857. The minimum absolute atomic E-state index is 0.143. The third-order valence-electron chi connectivity index (χ3n) is 3.76. The van der Waals surface area contributed by atoms with Crippen molar-refractivity contribution in [2.45, 2.75) is 70.4 Å². The van der Waals surface area contributed by atoms with Crippen molar-refractivity contribution in [3.05, 3.63) is 0 Å². The fourth-order valence-corrected chi connectivity index (χ4v) is 2.66. The number of aliphatic hydroxyl groups excluding tert-OH is 1. The summed E-state index contributed by atoms with van der Waals surface area (Å²) in [5, 5.41) is 11.9. The van der Waals surface area contributed by atoms with Crippen LogP contribution in [0.1, 0.15) is 58.3 Å². The Morgan fingerprint density at radius 2 is 1.95 bits per heavy atom. The molecule has 2 amide bonds. The van der Waals surface area contributed by atoms with E-state index in [0.29, 0.717) is 12.3 Å². The van der Waals surface area contributed by atoms with Gasteiger partial charge in [-0.1, -0.05) is 32.1 Å². The van der Waals surface area contributed by atoms with Crippen molar-refractivity contribution in [1.82, 2.24) is 5.32 Å². The van der Waals surface area contributed by atoms with Crippen molar-refractivity contribution < 1.29 is 14.7 Å². The van der Waals surface area contributed by atoms with E-state index in [1.54, 1.807) is 6.92 Å². The van der Waals surface area contributed by atoms with Gasteiger partial charge in [0.2, 0.25) is 11.8 Å². The van der Waals surface area contributed by atoms with Crippen molar-refractivity contribution in [1.29, 1.82) is 0 Å². The van der Waals surface area contributed by atoms with E-state index in [-0.39, 0.29) is 12.3 Å². The molecule has 0 bridgehead atoms. The van der Waals surface area contributed by atoms with Crippen LogP contribution >= 0.6 is 0 Å². The van der Waals surface area contributed by atoms with Crippen LogP contribution in [0.15, 0.2) is 0 Å². The highest BCUT2D eigenvalue weighted by molar-refractivity contribution is 5.86. The maximum Gasteiger partial charge on any atom is 0.240 e. The standard InChI is InChI=1S/C14H26N2O3/c1-10(17)9-12(14(15)19)16-13(18)8-7-11-5-3-2-4-6-11/h10-12,17H,2-9H2,1H3,(H2,15,19)(H,16,18)/t10?,12-/m0/s1. The highest BCUT2D eigenvalue weighted by Gasteiger charge is 2.21. The molecule has 1 saturated carbocycles. The van der Waals surface area contributed by atoms with Gasteiger partial charge in [-0.3, -0.25) is 9.59 Å². The molecule has 5 nitrogen and oxygen atoms in total. The van der Waals surface area contributed by atoms with Gasteiger partial charge in [-0.25, -0.2) is 0 Å². The summed E-state index contributed by atoms with van der Waals surface area (Å²) < 4.78 is 0. The number of rotatable bonds is 7. The molecule has 0 saturated heterocycles. The van der Waals surface area contributed by atoms with Crippen molar-refractivity contribution in [3.8, 4) is 0 Å². The average molecular weight is 270 g/mol. The van der Waals surface area contributed by atoms with E-state index in [4.69, 9.17) is 5.73 Å². The van der Waals surface area contributed by atoms with Crippen molar-refractivity contribution in [3.63, 3.8) is 0 Å². The Balaban J connectivity index is 2.29. The largest absolute Gasteiger partial charge is 0.393 e. The molecule has 110 valence electrons. The van der Waals surface area contributed by atoms with Crippen LogP contribution < -0.4 is 11.1 Å². The quantitative estimate of drug-likeness (QED) is 0.646. The first-order chi connectivity index (χ1) is 8.99. The molecule has 0 aliphatic heterocycles. The van der Waals surface area contributed by atoms with Gasteiger partial charge >= 0.3 is 0 Å². The molecular weight excluding hydrogens is 244 g/mol. The molecule has 19 heavy (non-hydrogen) atoms. The molecule has 5 heteroatoms. The van der Waals surface area contributed by atoms with E-state index in [0.717, 1.165) is 6.42 Å².